The van der Waals surface area contributed by atoms with Crippen molar-refractivity contribution in [2.75, 3.05) is 37.0 Å². The van der Waals surface area contributed by atoms with E-state index in [1.54, 1.807) is 7.11 Å². The predicted octanol–water partition coefficient (Wildman–Crippen LogP) is 4.94. The van der Waals surface area contributed by atoms with Gasteiger partial charge in [0.1, 0.15) is 17.0 Å². The van der Waals surface area contributed by atoms with Gasteiger partial charge in [0.05, 0.1) is 12.8 Å². The van der Waals surface area contributed by atoms with Crippen LogP contribution < -0.4 is 10.1 Å². The number of aromatic nitrogens is 1. The summed E-state index contributed by atoms with van der Waals surface area (Å²) in [6, 6.07) is 15.5. The molecule has 1 amide bonds. The van der Waals surface area contributed by atoms with Crippen LogP contribution in [0.1, 0.15) is 10.5 Å². The molecule has 7 heteroatoms. The van der Waals surface area contributed by atoms with Gasteiger partial charge in [0.15, 0.2) is 0 Å². The number of carbonyl (C=O) groups excluding carboxylic acids is 1. The minimum Gasteiger partial charge on any atom is -0.494 e. The van der Waals surface area contributed by atoms with E-state index >= 15 is 0 Å². The number of amides is 1. The number of carbonyl (C=O) groups is 1. The van der Waals surface area contributed by atoms with E-state index in [0.29, 0.717) is 17.0 Å². The molecule has 1 saturated heterocycles. The average molecular weight is 458 g/mol. The van der Waals surface area contributed by atoms with E-state index in [1.807, 2.05) is 65.2 Å². The Morgan fingerprint density at radius 1 is 1.18 bits per heavy atom. The Morgan fingerprint density at radius 2 is 1.96 bits per heavy atom. The molecule has 1 N–H and O–H groups in total. The van der Waals surface area contributed by atoms with Crippen LogP contribution in [0.5, 0.6) is 5.75 Å². The number of hydrogen-bond acceptors (Lipinski definition) is 5. The number of methoxy groups -OCH3 is 1. The quantitative estimate of drug-likeness (QED) is 0.601. The third-order valence-electron chi connectivity index (χ3n) is 4.64. The Hall–Kier alpha value is -2.25. The van der Waals surface area contributed by atoms with Gasteiger partial charge in [-0.05, 0) is 30.3 Å². The zero-order valence-corrected chi connectivity index (χ0v) is 17.8. The average Bonchev–Trinajstić information content (AvgIpc) is 2.73. The highest BCUT2D eigenvalue weighted by atomic mass is 79.9. The van der Waals surface area contributed by atoms with Crippen LogP contribution in [0.25, 0.3) is 10.9 Å². The van der Waals surface area contributed by atoms with Gasteiger partial charge in [-0.2, -0.15) is 11.8 Å². The summed E-state index contributed by atoms with van der Waals surface area (Å²) in [6.07, 6.45) is 0. The van der Waals surface area contributed by atoms with Crippen molar-refractivity contribution >= 4 is 55.9 Å². The van der Waals surface area contributed by atoms with E-state index in [0.717, 1.165) is 45.8 Å². The number of pyridine rings is 1. The van der Waals surface area contributed by atoms with Gasteiger partial charge in [0.2, 0.25) is 0 Å². The molecule has 1 aliphatic rings. The van der Waals surface area contributed by atoms with Crippen molar-refractivity contribution < 1.29 is 9.53 Å². The van der Waals surface area contributed by atoms with Gasteiger partial charge in [-0.25, -0.2) is 4.98 Å². The molecule has 3 aromatic rings. The molecule has 0 spiro atoms. The molecule has 0 radical (unpaired) electrons. The molecule has 2 aromatic carbocycles. The second-order valence-corrected chi connectivity index (χ2v) is 8.59. The maximum atomic E-state index is 13.1. The lowest BCUT2D eigenvalue weighted by molar-refractivity contribution is 0.0767. The monoisotopic (exact) mass is 457 g/mol. The first-order valence-corrected chi connectivity index (χ1v) is 11.0. The summed E-state index contributed by atoms with van der Waals surface area (Å²) in [6.45, 7) is 1.51. The van der Waals surface area contributed by atoms with E-state index in [9.17, 15) is 4.79 Å². The van der Waals surface area contributed by atoms with E-state index in [-0.39, 0.29) is 5.91 Å². The first kappa shape index (κ1) is 19.1. The van der Waals surface area contributed by atoms with Crippen LogP contribution in [0.3, 0.4) is 0 Å². The van der Waals surface area contributed by atoms with Crippen LogP contribution in [0.15, 0.2) is 53.0 Å². The number of nitrogens with zero attached hydrogens (tertiary/aromatic N) is 2. The van der Waals surface area contributed by atoms with Gasteiger partial charge >= 0.3 is 0 Å². The summed E-state index contributed by atoms with van der Waals surface area (Å²) in [7, 11) is 1.62. The molecule has 0 saturated carbocycles. The zero-order chi connectivity index (χ0) is 19.5. The molecular formula is C21H20BrN3O2S. The lowest BCUT2D eigenvalue weighted by atomic mass is 10.1. The maximum Gasteiger partial charge on any atom is 0.272 e. The lowest BCUT2D eigenvalue weighted by Crippen LogP contribution is -2.38. The number of para-hydroxylation sites is 1. The van der Waals surface area contributed by atoms with Crippen molar-refractivity contribution in [3.05, 3.63) is 58.7 Å². The van der Waals surface area contributed by atoms with E-state index < -0.39 is 0 Å². The van der Waals surface area contributed by atoms with E-state index in [4.69, 9.17) is 4.74 Å². The van der Waals surface area contributed by atoms with Crippen LogP contribution in [0.2, 0.25) is 0 Å². The highest BCUT2D eigenvalue weighted by molar-refractivity contribution is 9.10. The van der Waals surface area contributed by atoms with Gasteiger partial charge in [0.25, 0.3) is 5.91 Å². The topological polar surface area (TPSA) is 54.5 Å². The maximum absolute atomic E-state index is 13.1. The summed E-state index contributed by atoms with van der Waals surface area (Å²) in [5.41, 5.74) is 2.87. The fourth-order valence-corrected chi connectivity index (χ4v) is 4.55. The molecule has 5 nitrogen and oxygen atoms in total. The highest BCUT2D eigenvalue weighted by Crippen LogP contribution is 2.32. The largest absolute Gasteiger partial charge is 0.494 e. The van der Waals surface area contributed by atoms with Gasteiger partial charge in [-0.1, -0.05) is 34.1 Å². The van der Waals surface area contributed by atoms with Crippen molar-refractivity contribution in [1.82, 2.24) is 9.88 Å². The molecule has 1 fully saturated rings. The Bertz CT molecular complexity index is 1020. The molecule has 1 aromatic heterocycles. The van der Waals surface area contributed by atoms with Crippen LogP contribution in [-0.2, 0) is 0 Å². The SMILES string of the molecule is COc1cccc2c(Nc3cccc(Br)c3)cc(C(=O)N3CCSCC3)nc12. The molecule has 28 heavy (non-hydrogen) atoms. The molecule has 0 bridgehead atoms. The third-order valence-corrected chi connectivity index (χ3v) is 6.08. The van der Waals surface area contributed by atoms with Crippen LogP contribution in [0, 0.1) is 0 Å². The number of fused-ring (bicyclic) bond motifs is 1. The predicted molar refractivity (Wildman–Crippen MR) is 119 cm³/mol. The van der Waals surface area contributed by atoms with Gasteiger partial charge in [0, 0.05) is 40.1 Å². The third kappa shape index (κ3) is 3.95. The number of halogens is 1. The smallest absolute Gasteiger partial charge is 0.272 e. The molecule has 0 atom stereocenters. The number of ether oxygens (including phenoxy) is 1. The number of hydrogen-bond donors (Lipinski definition) is 1. The van der Waals surface area contributed by atoms with Crippen molar-refractivity contribution in [3.8, 4) is 5.75 Å². The van der Waals surface area contributed by atoms with E-state index in [2.05, 4.69) is 26.2 Å². The van der Waals surface area contributed by atoms with Gasteiger partial charge in [-0.3, -0.25) is 4.79 Å². The standard InChI is InChI=1S/C21H20BrN3O2S/c1-27-19-7-3-6-16-17(23-15-5-2-4-14(22)12-15)13-18(24-20(16)19)21(26)25-8-10-28-11-9-25/h2-7,12-13H,8-11H2,1H3,(H,23,24). The molecule has 0 aliphatic carbocycles. The first-order valence-electron chi connectivity index (χ1n) is 9.03. The summed E-state index contributed by atoms with van der Waals surface area (Å²) < 4.78 is 6.49. The minimum atomic E-state index is -0.0367. The van der Waals surface area contributed by atoms with Crippen molar-refractivity contribution in [1.29, 1.82) is 0 Å². The van der Waals surface area contributed by atoms with Crippen LogP contribution in [0.4, 0.5) is 11.4 Å². The van der Waals surface area contributed by atoms with Crippen molar-refractivity contribution in [2.24, 2.45) is 0 Å². The first-order chi connectivity index (χ1) is 13.7. The van der Waals surface area contributed by atoms with E-state index in [1.165, 1.54) is 0 Å². The number of thioether (sulfide) groups is 1. The Kier molecular flexibility index (Phi) is 5.73. The summed E-state index contributed by atoms with van der Waals surface area (Å²) in [5.74, 6) is 2.54. The second-order valence-electron chi connectivity index (χ2n) is 6.45. The molecule has 0 unspecified atom stereocenters. The normalized spacial score (nSPS) is 14.1. The fourth-order valence-electron chi connectivity index (χ4n) is 3.25. The second kappa shape index (κ2) is 8.41. The molecule has 2 heterocycles. The van der Waals surface area contributed by atoms with Crippen molar-refractivity contribution in [3.63, 3.8) is 0 Å². The Balaban J connectivity index is 1.81. The molecule has 144 valence electrons. The zero-order valence-electron chi connectivity index (χ0n) is 15.4. The number of benzene rings is 2. The Morgan fingerprint density at radius 3 is 2.71 bits per heavy atom. The van der Waals surface area contributed by atoms with Crippen LogP contribution >= 0.6 is 27.7 Å². The molecule has 4 rings (SSSR count). The summed E-state index contributed by atoms with van der Waals surface area (Å²) in [5, 5.41) is 4.34. The van der Waals surface area contributed by atoms with Crippen molar-refractivity contribution in [2.45, 2.75) is 0 Å². The number of nitrogens with one attached hydrogen (secondary N) is 1. The Labute approximate surface area is 176 Å². The number of rotatable bonds is 4. The van der Waals surface area contributed by atoms with Gasteiger partial charge in [-0.15, -0.1) is 0 Å². The molecule has 1 aliphatic heterocycles. The van der Waals surface area contributed by atoms with Gasteiger partial charge < -0.3 is 15.0 Å². The molecular weight excluding hydrogens is 438 g/mol. The fraction of sp³-hybridized carbons (Fsp3) is 0.238. The summed E-state index contributed by atoms with van der Waals surface area (Å²) in [4.78, 5) is 19.6. The lowest BCUT2D eigenvalue weighted by Gasteiger charge is -2.26. The number of anilines is 2. The highest BCUT2D eigenvalue weighted by Gasteiger charge is 2.22. The summed E-state index contributed by atoms with van der Waals surface area (Å²) >= 11 is 5.38. The minimum absolute atomic E-state index is 0.0367. The van der Waals surface area contributed by atoms with Crippen LogP contribution in [-0.4, -0.2) is 47.5 Å².